The Bertz CT molecular complexity index is 1450. The van der Waals surface area contributed by atoms with Crippen molar-refractivity contribution in [1.29, 1.82) is 0 Å². The smallest absolute Gasteiger partial charge is 0.338 e. The van der Waals surface area contributed by atoms with Crippen molar-refractivity contribution in [3.05, 3.63) is 76.9 Å². The maximum absolute atomic E-state index is 12.0. The molecule has 0 amide bonds. The highest BCUT2D eigenvalue weighted by molar-refractivity contribution is 6.15. The minimum absolute atomic E-state index is 0.0120. The van der Waals surface area contributed by atoms with Crippen LogP contribution in [0.1, 0.15) is 41.4 Å². The summed E-state index contributed by atoms with van der Waals surface area (Å²) < 4.78 is 1.43. The molecule has 1 heterocycles. The van der Waals surface area contributed by atoms with Crippen LogP contribution in [0.2, 0.25) is 0 Å². The molecule has 3 aromatic carbocycles. The summed E-state index contributed by atoms with van der Waals surface area (Å²) >= 11 is 0. The van der Waals surface area contributed by atoms with Crippen LogP contribution in [0, 0.1) is 0 Å². The molecule has 0 saturated carbocycles. The lowest BCUT2D eigenvalue weighted by molar-refractivity contribution is 0.0651. The number of aromatic nitrogens is 1. The highest BCUT2D eigenvalue weighted by Gasteiger charge is 2.25. The van der Waals surface area contributed by atoms with E-state index in [1.54, 1.807) is 24.3 Å². The molecule has 4 aromatic rings. The minimum atomic E-state index is -1.47. The Morgan fingerprint density at radius 3 is 1.81 bits per heavy atom. The van der Waals surface area contributed by atoms with Gasteiger partial charge in [-0.25, -0.2) is 19.2 Å². The molecule has 31 heavy (non-hydrogen) atoms. The molecule has 0 bridgehead atoms. The van der Waals surface area contributed by atoms with E-state index in [9.17, 15) is 39.6 Å². The number of benzene rings is 3. The van der Waals surface area contributed by atoms with Crippen LogP contribution in [0.25, 0.3) is 27.5 Å². The minimum Gasteiger partial charge on any atom is -0.478 e. The van der Waals surface area contributed by atoms with E-state index in [2.05, 4.69) is 0 Å². The van der Waals surface area contributed by atoms with Gasteiger partial charge in [0.25, 0.3) is 0 Å². The first-order valence-electron chi connectivity index (χ1n) is 8.86. The van der Waals surface area contributed by atoms with Gasteiger partial charge in [0, 0.05) is 10.8 Å². The number of rotatable bonds is 5. The summed E-state index contributed by atoms with van der Waals surface area (Å²) in [5.41, 5.74) is -1.10. The molecule has 4 N–H and O–H groups in total. The number of fused-ring (bicyclic) bond motifs is 3. The predicted octanol–water partition coefficient (Wildman–Crippen LogP) is 3.58. The van der Waals surface area contributed by atoms with Gasteiger partial charge in [0.1, 0.15) is 0 Å². The first kappa shape index (κ1) is 19.6. The maximum Gasteiger partial charge on any atom is 0.338 e. The van der Waals surface area contributed by atoms with Crippen LogP contribution in [0.5, 0.6) is 0 Å². The Kier molecular flexibility index (Phi) is 4.43. The molecule has 9 nitrogen and oxygen atoms in total. The van der Waals surface area contributed by atoms with Crippen LogP contribution in [0.3, 0.4) is 0 Å². The van der Waals surface area contributed by atoms with Gasteiger partial charge in [-0.1, -0.05) is 24.3 Å². The summed E-state index contributed by atoms with van der Waals surface area (Å²) in [5, 5.41) is 39.1. The van der Waals surface area contributed by atoms with Gasteiger partial charge >= 0.3 is 23.9 Å². The number of nitrogens with zero attached hydrogens (tertiary/aromatic N) is 1. The summed E-state index contributed by atoms with van der Waals surface area (Å²) in [7, 11) is 0. The first-order chi connectivity index (χ1) is 14.7. The Morgan fingerprint density at radius 2 is 1.19 bits per heavy atom. The van der Waals surface area contributed by atoms with Crippen molar-refractivity contribution in [1.82, 2.24) is 4.57 Å². The van der Waals surface area contributed by atoms with Crippen molar-refractivity contribution in [2.75, 3.05) is 0 Å². The summed E-state index contributed by atoms with van der Waals surface area (Å²) in [6.07, 6.45) is 0. The third-order valence-corrected chi connectivity index (χ3v) is 5.00. The maximum atomic E-state index is 12.0. The highest BCUT2D eigenvalue weighted by Crippen LogP contribution is 2.35. The largest absolute Gasteiger partial charge is 0.478 e. The van der Waals surface area contributed by atoms with Crippen LogP contribution in [-0.4, -0.2) is 48.9 Å². The van der Waals surface area contributed by atoms with E-state index < -0.39 is 46.1 Å². The number of hydrogen-bond donors (Lipinski definition) is 4. The fourth-order valence-corrected chi connectivity index (χ4v) is 3.76. The van der Waals surface area contributed by atoms with Gasteiger partial charge in [-0.3, -0.25) is 0 Å². The van der Waals surface area contributed by atoms with E-state index in [-0.39, 0.29) is 11.2 Å². The second kappa shape index (κ2) is 6.99. The molecule has 0 fully saturated rings. The van der Waals surface area contributed by atoms with Crippen molar-refractivity contribution in [2.24, 2.45) is 0 Å². The lowest BCUT2D eigenvalue weighted by Crippen LogP contribution is -2.13. The number of hydrogen-bond acceptors (Lipinski definition) is 4. The second-order valence-corrected chi connectivity index (χ2v) is 6.69. The van der Waals surface area contributed by atoms with E-state index in [0.29, 0.717) is 16.3 Å². The number of carboxylic acids is 4. The molecule has 0 unspecified atom stereocenters. The molecule has 0 aliphatic rings. The number of carboxylic acid groups (broad SMARTS) is 4. The topological polar surface area (TPSA) is 154 Å². The molecule has 0 spiro atoms. The van der Waals surface area contributed by atoms with E-state index >= 15 is 0 Å². The van der Waals surface area contributed by atoms with Crippen molar-refractivity contribution >= 4 is 45.7 Å². The number of aromatic carboxylic acids is 4. The standard InChI is InChI=1S/C22H13NO8/c24-19(25)11-5-3-7-16(18(11)22(30)31)23-15-6-2-1-4-10(15)12-8-13(20(26)27)14(21(28)29)9-17(12)23/h1-9H,(H,24,25)(H,26,27)(H,28,29)(H,30,31). The molecule has 0 saturated heterocycles. The Morgan fingerprint density at radius 1 is 0.581 bits per heavy atom. The zero-order valence-electron chi connectivity index (χ0n) is 15.6. The monoisotopic (exact) mass is 419 g/mol. The van der Waals surface area contributed by atoms with Gasteiger partial charge in [0.05, 0.1) is 39.0 Å². The zero-order valence-corrected chi connectivity index (χ0v) is 15.6. The zero-order chi connectivity index (χ0) is 22.4. The van der Waals surface area contributed by atoms with Gasteiger partial charge in [-0.05, 0) is 30.3 Å². The normalized spacial score (nSPS) is 11.0. The van der Waals surface area contributed by atoms with Gasteiger partial charge < -0.3 is 25.0 Å². The average Bonchev–Trinajstić information content (AvgIpc) is 3.05. The van der Waals surface area contributed by atoms with Crippen LogP contribution in [0.4, 0.5) is 0 Å². The summed E-state index contributed by atoms with van der Waals surface area (Å²) in [5.74, 6) is -5.79. The van der Waals surface area contributed by atoms with Crippen molar-refractivity contribution in [3.63, 3.8) is 0 Å². The Labute approximate surface area is 173 Å². The Balaban J connectivity index is 2.25. The number of para-hydroxylation sites is 1. The third-order valence-electron chi connectivity index (χ3n) is 5.00. The van der Waals surface area contributed by atoms with Crippen LogP contribution in [0.15, 0.2) is 54.6 Å². The van der Waals surface area contributed by atoms with E-state index in [0.717, 1.165) is 12.1 Å². The second-order valence-electron chi connectivity index (χ2n) is 6.69. The Hall–Kier alpha value is -4.66. The molecule has 154 valence electrons. The lowest BCUT2D eigenvalue weighted by atomic mass is 10.0. The molecule has 9 heteroatoms. The summed E-state index contributed by atoms with van der Waals surface area (Å²) in [6, 6.07) is 13.0. The van der Waals surface area contributed by atoms with E-state index in [1.165, 1.54) is 22.8 Å². The van der Waals surface area contributed by atoms with Crippen LogP contribution < -0.4 is 0 Å². The molecular formula is C22H13NO8. The molecule has 0 aliphatic carbocycles. The molecule has 4 rings (SSSR count). The first-order valence-corrected chi connectivity index (χ1v) is 8.86. The quantitative estimate of drug-likeness (QED) is 0.383. The molecule has 0 radical (unpaired) electrons. The predicted molar refractivity (Wildman–Crippen MR) is 109 cm³/mol. The van der Waals surface area contributed by atoms with Crippen molar-refractivity contribution in [2.45, 2.75) is 0 Å². The van der Waals surface area contributed by atoms with Gasteiger partial charge in [-0.2, -0.15) is 0 Å². The van der Waals surface area contributed by atoms with E-state index in [4.69, 9.17) is 0 Å². The molecular weight excluding hydrogens is 406 g/mol. The molecule has 0 atom stereocenters. The average molecular weight is 419 g/mol. The van der Waals surface area contributed by atoms with Crippen LogP contribution in [-0.2, 0) is 0 Å². The fraction of sp³-hybridized carbons (Fsp3) is 0. The number of carbonyl (C=O) groups is 4. The lowest BCUT2D eigenvalue weighted by Gasteiger charge is -2.13. The van der Waals surface area contributed by atoms with Gasteiger partial charge in [0.15, 0.2) is 0 Å². The van der Waals surface area contributed by atoms with Gasteiger partial charge in [-0.15, -0.1) is 0 Å². The highest BCUT2D eigenvalue weighted by atomic mass is 16.4. The van der Waals surface area contributed by atoms with Crippen molar-refractivity contribution in [3.8, 4) is 5.69 Å². The van der Waals surface area contributed by atoms with Gasteiger partial charge in [0.2, 0.25) is 0 Å². The van der Waals surface area contributed by atoms with Crippen LogP contribution >= 0.6 is 0 Å². The molecule has 1 aromatic heterocycles. The fourth-order valence-electron chi connectivity index (χ4n) is 3.76. The van der Waals surface area contributed by atoms with Crippen molar-refractivity contribution < 1.29 is 39.6 Å². The van der Waals surface area contributed by atoms with E-state index in [1.807, 2.05) is 0 Å². The summed E-state index contributed by atoms with van der Waals surface area (Å²) in [4.78, 5) is 46.9. The summed E-state index contributed by atoms with van der Waals surface area (Å²) in [6.45, 7) is 0. The third kappa shape index (κ3) is 2.96. The molecule has 0 aliphatic heterocycles. The SMILES string of the molecule is O=C(O)c1cc2c3ccccc3n(-c3cccc(C(=O)O)c3C(=O)O)c2cc1C(=O)O.